The molecule has 0 fully saturated rings. The summed E-state index contributed by atoms with van der Waals surface area (Å²) in [6, 6.07) is 8.68. The van der Waals surface area contributed by atoms with Gasteiger partial charge in [-0.1, -0.05) is 42.8 Å². The number of benzene rings is 1. The zero-order valence-corrected chi connectivity index (χ0v) is 12.7. The predicted octanol–water partition coefficient (Wildman–Crippen LogP) is 4.76. The van der Waals surface area contributed by atoms with Gasteiger partial charge in [0.25, 0.3) is 0 Å². The Bertz CT molecular complexity index is 610. The van der Waals surface area contributed by atoms with Crippen molar-refractivity contribution in [3.63, 3.8) is 0 Å². The van der Waals surface area contributed by atoms with E-state index >= 15 is 0 Å². The topological polar surface area (TPSA) is 12.9 Å². The van der Waals surface area contributed by atoms with Crippen molar-refractivity contribution in [3.05, 3.63) is 40.0 Å². The lowest BCUT2D eigenvalue weighted by molar-refractivity contribution is 0.250. The van der Waals surface area contributed by atoms with Gasteiger partial charge in [0.1, 0.15) is 0 Å². The van der Waals surface area contributed by atoms with Gasteiger partial charge in [-0.3, -0.25) is 4.98 Å². The molecule has 1 aromatic carbocycles. The third kappa shape index (κ3) is 2.07. The van der Waals surface area contributed by atoms with Gasteiger partial charge >= 0.3 is 0 Å². The van der Waals surface area contributed by atoms with Crippen LogP contribution in [0.15, 0.2) is 28.7 Å². The van der Waals surface area contributed by atoms with Crippen LogP contribution in [0.4, 0.5) is 0 Å². The highest BCUT2D eigenvalue weighted by atomic mass is 79.9. The monoisotopic (exact) mass is 303 g/mol. The third-order valence-corrected chi connectivity index (χ3v) is 4.57. The van der Waals surface area contributed by atoms with E-state index < -0.39 is 0 Å². The Morgan fingerprint density at radius 2 is 1.94 bits per heavy atom. The molecule has 0 bridgehead atoms. The number of rotatable bonds is 0. The Hall–Kier alpha value is -0.890. The summed E-state index contributed by atoms with van der Waals surface area (Å²) < 4.78 is 1.10. The molecular weight excluding hydrogens is 286 g/mol. The minimum absolute atomic E-state index is 0.369. The molecular formula is C16H18BrN. The Kier molecular flexibility index (Phi) is 2.74. The van der Waals surface area contributed by atoms with E-state index in [0.717, 1.165) is 22.3 Å². The number of pyridine rings is 1. The molecule has 2 aromatic rings. The molecule has 0 saturated carbocycles. The molecule has 0 N–H and O–H groups in total. The molecule has 1 aromatic heterocycles. The van der Waals surface area contributed by atoms with Crippen molar-refractivity contribution in [2.45, 2.75) is 33.6 Å². The molecule has 0 unspecified atom stereocenters. The first-order valence-electron chi connectivity index (χ1n) is 6.51. The summed E-state index contributed by atoms with van der Waals surface area (Å²) in [6.07, 6.45) is 2.30. The largest absolute Gasteiger partial charge is 0.253 e. The summed E-state index contributed by atoms with van der Waals surface area (Å²) in [5.41, 5.74) is 4.23. The highest BCUT2D eigenvalue weighted by Gasteiger charge is 2.31. The molecule has 2 heteroatoms. The Morgan fingerprint density at radius 1 is 1.17 bits per heavy atom. The minimum Gasteiger partial charge on any atom is -0.253 e. The van der Waals surface area contributed by atoms with Crippen LogP contribution in [-0.2, 0) is 12.8 Å². The van der Waals surface area contributed by atoms with Gasteiger partial charge in [-0.15, -0.1) is 0 Å². The second kappa shape index (κ2) is 4.06. The van der Waals surface area contributed by atoms with Gasteiger partial charge in [0.05, 0.1) is 5.52 Å². The molecule has 1 atom stereocenters. The van der Waals surface area contributed by atoms with Gasteiger partial charge in [0.2, 0.25) is 0 Å². The predicted molar refractivity (Wildman–Crippen MR) is 79.8 cm³/mol. The normalized spacial score (nSPS) is 19.2. The lowest BCUT2D eigenvalue weighted by atomic mass is 9.79. The SMILES string of the molecule is CC(C)(C)[C@@H]1Cc2cc3ccc(Br)cc3nc2C1. The van der Waals surface area contributed by atoms with Gasteiger partial charge < -0.3 is 0 Å². The molecule has 1 aliphatic rings. The molecule has 18 heavy (non-hydrogen) atoms. The molecule has 94 valence electrons. The molecule has 0 aliphatic heterocycles. The van der Waals surface area contributed by atoms with Crippen LogP contribution in [0.5, 0.6) is 0 Å². The third-order valence-electron chi connectivity index (χ3n) is 4.08. The van der Waals surface area contributed by atoms with Gasteiger partial charge in [-0.2, -0.15) is 0 Å². The van der Waals surface area contributed by atoms with E-state index in [4.69, 9.17) is 4.98 Å². The van der Waals surface area contributed by atoms with Crippen LogP contribution in [0.1, 0.15) is 32.0 Å². The van der Waals surface area contributed by atoms with E-state index in [0.29, 0.717) is 5.41 Å². The molecule has 1 nitrogen and oxygen atoms in total. The average Bonchev–Trinajstić information content (AvgIpc) is 2.68. The Labute approximate surface area is 117 Å². The van der Waals surface area contributed by atoms with Crippen molar-refractivity contribution < 1.29 is 0 Å². The number of hydrogen-bond donors (Lipinski definition) is 0. The maximum absolute atomic E-state index is 4.85. The van der Waals surface area contributed by atoms with Crippen molar-refractivity contribution in [1.29, 1.82) is 0 Å². The average molecular weight is 304 g/mol. The molecule has 0 saturated heterocycles. The van der Waals surface area contributed by atoms with E-state index in [9.17, 15) is 0 Å². The standard InChI is InChI=1S/C16H18BrN/c1-16(2,3)12-7-11-6-10-4-5-13(17)9-15(10)18-14(11)8-12/h4-6,9,12H,7-8H2,1-3H3/t12-/m1/s1. The fourth-order valence-electron chi connectivity index (χ4n) is 2.76. The first kappa shape index (κ1) is 12.2. The molecule has 0 spiro atoms. The summed E-state index contributed by atoms with van der Waals surface area (Å²) in [5, 5.41) is 1.26. The van der Waals surface area contributed by atoms with Crippen molar-refractivity contribution in [3.8, 4) is 0 Å². The number of aromatic nitrogens is 1. The number of halogens is 1. The van der Waals surface area contributed by atoms with Gasteiger partial charge in [-0.05, 0) is 47.9 Å². The van der Waals surface area contributed by atoms with Gasteiger partial charge in [0.15, 0.2) is 0 Å². The van der Waals surface area contributed by atoms with Crippen LogP contribution >= 0.6 is 15.9 Å². The maximum atomic E-state index is 4.85. The summed E-state index contributed by atoms with van der Waals surface area (Å²) >= 11 is 3.52. The van der Waals surface area contributed by atoms with E-state index in [1.165, 1.54) is 23.1 Å². The van der Waals surface area contributed by atoms with E-state index in [-0.39, 0.29) is 0 Å². The van der Waals surface area contributed by atoms with Crippen molar-refractivity contribution in [1.82, 2.24) is 4.98 Å². The zero-order valence-electron chi connectivity index (χ0n) is 11.1. The summed E-state index contributed by atoms with van der Waals surface area (Å²) in [6.45, 7) is 7.00. The first-order chi connectivity index (χ1) is 8.43. The molecule has 1 aliphatic carbocycles. The quantitative estimate of drug-likeness (QED) is 0.684. The second-order valence-corrected chi connectivity index (χ2v) is 7.32. The number of nitrogens with zero attached hydrogens (tertiary/aromatic N) is 1. The first-order valence-corrected chi connectivity index (χ1v) is 7.31. The molecule has 3 rings (SSSR count). The molecule has 1 heterocycles. The minimum atomic E-state index is 0.369. The number of fused-ring (bicyclic) bond motifs is 2. The van der Waals surface area contributed by atoms with Crippen molar-refractivity contribution in [2.24, 2.45) is 11.3 Å². The van der Waals surface area contributed by atoms with Gasteiger partial charge in [0, 0.05) is 15.6 Å². The lowest BCUT2D eigenvalue weighted by Gasteiger charge is -2.26. The van der Waals surface area contributed by atoms with E-state index in [1.54, 1.807) is 0 Å². The van der Waals surface area contributed by atoms with Gasteiger partial charge in [-0.25, -0.2) is 0 Å². The maximum Gasteiger partial charge on any atom is 0.0716 e. The van der Waals surface area contributed by atoms with Crippen LogP contribution in [0.2, 0.25) is 0 Å². The van der Waals surface area contributed by atoms with Crippen molar-refractivity contribution in [2.75, 3.05) is 0 Å². The van der Waals surface area contributed by atoms with Crippen LogP contribution in [-0.4, -0.2) is 4.98 Å². The smallest absolute Gasteiger partial charge is 0.0716 e. The summed E-state index contributed by atoms with van der Waals surface area (Å²) in [5.74, 6) is 0.722. The zero-order chi connectivity index (χ0) is 12.9. The lowest BCUT2D eigenvalue weighted by Crippen LogP contribution is -2.20. The Morgan fingerprint density at radius 3 is 2.67 bits per heavy atom. The second-order valence-electron chi connectivity index (χ2n) is 6.40. The summed E-state index contributed by atoms with van der Waals surface area (Å²) in [4.78, 5) is 4.85. The Balaban J connectivity index is 2.06. The van der Waals surface area contributed by atoms with Crippen molar-refractivity contribution >= 4 is 26.8 Å². The van der Waals surface area contributed by atoms with Crippen LogP contribution in [0.3, 0.4) is 0 Å². The number of hydrogen-bond acceptors (Lipinski definition) is 1. The highest BCUT2D eigenvalue weighted by Crippen LogP contribution is 2.38. The fourth-order valence-corrected chi connectivity index (χ4v) is 3.11. The molecule has 0 amide bonds. The van der Waals surface area contributed by atoms with Crippen LogP contribution < -0.4 is 0 Å². The highest BCUT2D eigenvalue weighted by molar-refractivity contribution is 9.10. The van der Waals surface area contributed by atoms with Crippen LogP contribution in [0.25, 0.3) is 10.9 Å². The van der Waals surface area contributed by atoms with E-state index in [2.05, 4.69) is 61.0 Å². The summed E-state index contributed by atoms with van der Waals surface area (Å²) in [7, 11) is 0. The van der Waals surface area contributed by atoms with E-state index in [1.807, 2.05) is 0 Å². The van der Waals surface area contributed by atoms with Crippen LogP contribution in [0, 0.1) is 11.3 Å². The molecule has 0 radical (unpaired) electrons. The fraction of sp³-hybridized carbons (Fsp3) is 0.438.